The zero-order valence-corrected chi connectivity index (χ0v) is 20.5. The number of nitrogens with zero attached hydrogens (tertiary/aromatic N) is 1. The largest absolute Gasteiger partial charge is 0.507 e. The van der Waals surface area contributed by atoms with Crippen LogP contribution in [0.4, 0.5) is 0 Å². The van der Waals surface area contributed by atoms with Crippen LogP contribution >= 0.6 is 0 Å². The predicted octanol–water partition coefficient (Wildman–Crippen LogP) is 4.17. The first-order valence-electron chi connectivity index (χ1n) is 11.6. The third-order valence-electron chi connectivity index (χ3n) is 5.65. The number of methoxy groups -OCH3 is 1. The SMILES string of the molecule is CCCOc1ccc(/C(O)=C2/C(=O)C(=O)N(CCCOC)C2c2ccc(OC(C)=O)cc2)cc1C. The van der Waals surface area contributed by atoms with Gasteiger partial charge < -0.3 is 24.2 Å². The Morgan fingerprint density at radius 2 is 1.80 bits per heavy atom. The lowest BCUT2D eigenvalue weighted by Gasteiger charge is -2.25. The maximum Gasteiger partial charge on any atom is 0.308 e. The van der Waals surface area contributed by atoms with Gasteiger partial charge in [-0.3, -0.25) is 14.4 Å². The number of carbonyl (C=O) groups excluding carboxylic acids is 3. The normalized spacial score (nSPS) is 17.0. The Morgan fingerprint density at radius 1 is 1.09 bits per heavy atom. The number of hydrogen-bond acceptors (Lipinski definition) is 7. The Balaban J connectivity index is 2.06. The van der Waals surface area contributed by atoms with Crippen molar-refractivity contribution in [3.63, 3.8) is 0 Å². The second kappa shape index (κ2) is 11.7. The molecule has 0 aliphatic carbocycles. The van der Waals surface area contributed by atoms with Gasteiger partial charge in [-0.25, -0.2) is 0 Å². The molecule has 1 aliphatic rings. The Hall–Kier alpha value is -3.65. The van der Waals surface area contributed by atoms with E-state index in [1.165, 1.54) is 11.8 Å². The molecule has 35 heavy (non-hydrogen) atoms. The Morgan fingerprint density at radius 3 is 2.40 bits per heavy atom. The van der Waals surface area contributed by atoms with Crippen molar-refractivity contribution in [1.29, 1.82) is 0 Å². The number of esters is 1. The van der Waals surface area contributed by atoms with Crippen LogP contribution in [-0.2, 0) is 19.1 Å². The summed E-state index contributed by atoms with van der Waals surface area (Å²) in [6.45, 7) is 6.44. The van der Waals surface area contributed by atoms with Gasteiger partial charge in [-0.1, -0.05) is 19.1 Å². The van der Waals surface area contributed by atoms with Gasteiger partial charge in [0, 0.05) is 32.7 Å². The van der Waals surface area contributed by atoms with Crippen molar-refractivity contribution in [1.82, 2.24) is 4.90 Å². The summed E-state index contributed by atoms with van der Waals surface area (Å²) in [5.74, 6) is -1.10. The minimum atomic E-state index is -0.797. The quantitative estimate of drug-likeness (QED) is 0.136. The van der Waals surface area contributed by atoms with Crippen LogP contribution in [0.3, 0.4) is 0 Å². The highest BCUT2D eigenvalue weighted by Gasteiger charge is 2.45. The van der Waals surface area contributed by atoms with E-state index in [-0.39, 0.29) is 17.9 Å². The molecule has 1 amide bonds. The number of aryl methyl sites for hydroxylation is 1. The molecule has 186 valence electrons. The van der Waals surface area contributed by atoms with Crippen LogP contribution in [0, 0.1) is 6.92 Å². The molecule has 8 heteroatoms. The smallest absolute Gasteiger partial charge is 0.308 e. The molecule has 1 fully saturated rings. The fourth-order valence-electron chi connectivity index (χ4n) is 4.05. The summed E-state index contributed by atoms with van der Waals surface area (Å²) in [6, 6.07) is 10.9. The molecule has 1 atom stereocenters. The number of ether oxygens (including phenoxy) is 3. The van der Waals surface area contributed by atoms with E-state index in [1.54, 1.807) is 49.6 Å². The summed E-state index contributed by atoms with van der Waals surface area (Å²) in [6.07, 6.45) is 1.39. The second-order valence-corrected chi connectivity index (χ2v) is 8.33. The van der Waals surface area contributed by atoms with Gasteiger partial charge in [0.05, 0.1) is 18.2 Å². The molecular weight excluding hydrogens is 450 g/mol. The third kappa shape index (κ3) is 5.89. The topological polar surface area (TPSA) is 102 Å². The van der Waals surface area contributed by atoms with E-state index >= 15 is 0 Å². The highest BCUT2D eigenvalue weighted by molar-refractivity contribution is 6.46. The Kier molecular flexibility index (Phi) is 8.65. The highest BCUT2D eigenvalue weighted by atomic mass is 16.5. The van der Waals surface area contributed by atoms with Crippen molar-refractivity contribution in [3.05, 3.63) is 64.7 Å². The number of aliphatic hydroxyl groups is 1. The summed E-state index contributed by atoms with van der Waals surface area (Å²) in [4.78, 5) is 38.8. The molecule has 1 unspecified atom stereocenters. The van der Waals surface area contributed by atoms with Crippen LogP contribution in [0.25, 0.3) is 5.76 Å². The van der Waals surface area contributed by atoms with Gasteiger partial charge in [0.25, 0.3) is 11.7 Å². The zero-order valence-electron chi connectivity index (χ0n) is 20.5. The average molecular weight is 482 g/mol. The number of Topliss-reactive ketones (excluding diaryl/α,β-unsaturated/α-hetero) is 1. The predicted molar refractivity (Wildman–Crippen MR) is 130 cm³/mol. The number of hydrogen-bond donors (Lipinski definition) is 1. The van der Waals surface area contributed by atoms with E-state index in [9.17, 15) is 19.5 Å². The molecule has 1 saturated heterocycles. The molecule has 3 rings (SSSR count). The molecule has 8 nitrogen and oxygen atoms in total. The van der Waals surface area contributed by atoms with Gasteiger partial charge in [0.15, 0.2) is 0 Å². The minimum absolute atomic E-state index is 0.00859. The molecule has 0 spiro atoms. The van der Waals surface area contributed by atoms with E-state index < -0.39 is 23.7 Å². The van der Waals surface area contributed by atoms with Gasteiger partial charge in [0.2, 0.25) is 0 Å². The third-order valence-corrected chi connectivity index (χ3v) is 5.65. The van der Waals surface area contributed by atoms with Gasteiger partial charge in [-0.15, -0.1) is 0 Å². The maximum absolute atomic E-state index is 13.1. The van der Waals surface area contributed by atoms with Crippen LogP contribution in [0.1, 0.15) is 49.4 Å². The molecule has 2 aromatic carbocycles. The van der Waals surface area contributed by atoms with Gasteiger partial charge >= 0.3 is 5.97 Å². The lowest BCUT2D eigenvalue weighted by molar-refractivity contribution is -0.140. The number of likely N-dealkylation sites (tertiary alicyclic amines) is 1. The second-order valence-electron chi connectivity index (χ2n) is 8.33. The first-order chi connectivity index (χ1) is 16.8. The summed E-state index contributed by atoms with van der Waals surface area (Å²) >= 11 is 0. The van der Waals surface area contributed by atoms with Crippen molar-refractivity contribution in [2.24, 2.45) is 0 Å². The Labute approximate surface area is 205 Å². The number of carbonyl (C=O) groups is 3. The zero-order chi connectivity index (χ0) is 25.5. The van der Waals surface area contributed by atoms with E-state index in [4.69, 9.17) is 14.2 Å². The fourth-order valence-corrected chi connectivity index (χ4v) is 4.05. The highest BCUT2D eigenvalue weighted by Crippen LogP contribution is 2.40. The molecule has 1 heterocycles. The van der Waals surface area contributed by atoms with Crippen molar-refractivity contribution in [2.45, 2.75) is 39.7 Å². The van der Waals surface area contributed by atoms with Crippen molar-refractivity contribution < 1.29 is 33.7 Å². The molecule has 1 N–H and O–H groups in total. The van der Waals surface area contributed by atoms with Crippen LogP contribution in [0.15, 0.2) is 48.0 Å². The minimum Gasteiger partial charge on any atom is -0.507 e. The van der Waals surface area contributed by atoms with E-state index in [1.807, 2.05) is 13.8 Å². The summed E-state index contributed by atoms with van der Waals surface area (Å²) < 4.78 is 15.9. The number of aliphatic hydroxyl groups excluding tert-OH is 1. The number of amides is 1. The molecule has 0 bridgehead atoms. The maximum atomic E-state index is 13.1. The number of ketones is 1. The van der Waals surface area contributed by atoms with Crippen LogP contribution < -0.4 is 9.47 Å². The first-order valence-corrected chi connectivity index (χ1v) is 11.6. The first kappa shape index (κ1) is 26.0. The number of rotatable bonds is 10. The lowest BCUT2D eigenvalue weighted by atomic mass is 9.94. The van der Waals surface area contributed by atoms with E-state index in [0.29, 0.717) is 42.3 Å². The molecule has 0 aromatic heterocycles. The van der Waals surface area contributed by atoms with Crippen LogP contribution in [0.2, 0.25) is 0 Å². The van der Waals surface area contributed by atoms with Crippen LogP contribution in [0.5, 0.6) is 11.5 Å². The van der Waals surface area contributed by atoms with E-state index in [2.05, 4.69) is 0 Å². The van der Waals surface area contributed by atoms with Crippen molar-refractivity contribution in [2.75, 3.05) is 26.9 Å². The number of benzene rings is 2. The van der Waals surface area contributed by atoms with Crippen molar-refractivity contribution in [3.8, 4) is 11.5 Å². The molecular formula is C27H31NO7. The summed E-state index contributed by atoms with van der Waals surface area (Å²) in [7, 11) is 1.57. The van der Waals surface area contributed by atoms with Gasteiger partial charge in [0.1, 0.15) is 17.3 Å². The monoisotopic (exact) mass is 481 g/mol. The fraction of sp³-hybridized carbons (Fsp3) is 0.370. The lowest BCUT2D eigenvalue weighted by Crippen LogP contribution is -2.31. The molecule has 1 aliphatic heterocycles. The van der Waals surface area contributed by atoms with E-state index in [0.717, 1.165) is 12.0 Å². The van der Waals surface area contributed by atoms with Gasteiger partial charge in [-0.2, -0.15) is 0 Å². The molecule has 0 radical (unpaired) electrons. The van der Waals surface area contributed by atoms with Gasteiger partial charge in [-0.05, 0) is 61.2 Å². The average Bonchev–Trinajstić information content (AvgIpc) is 3.08. The summed E-state index contributed by atoms with van der Waals surface area (Å²) in [5, 5.41) is 11.2. The summed E-state index contributed by atoms with van der Waals surface area (Å²) in [5.41, 5.74) is 1.84. The standard InChI is InChI=1S/C27H31NO7/c1-5-14-34-22-12-9-20(16-17(22)2)25(30)23-24(19-7-10-21(11-8-19)35-18(3)29)28(13-6-15-33-4)27(32)26(23)31/h7-12,16,24,30H,5-6,13-15H2,1-4H3/b25-23-. The van der Waals surface area contributed by atoms with Crippen molar-refractivity contribution >= 4 is 23.4 Å². The molecule has 0 saturated carbocycles. The van der Waals surface area contributed by atoms with Crippen LogP contribution in [-0.4, -0.2) is 54.5 Å². The molecule has 2 aromatic rings. The Bertz CT molecular complexity index is 1120.